The van der Waals surface area contributed by atoms with Gasteiger partial charge in [-0.3, -0.25) is 9.72 Å². The summed E-state index contributed by atoms with van der Waals surface area (Å²) < 4.78 is 60.5. The Morgan fingerprint density at radius 1 is 0.638 bits per heavy atom. The van der Waals surface area contributed by atoms with Crippen LogP contribution >= 0.6 is 127 Å². The number of amides is 2. The van der Waals surface area contributed by atoms with Gasteiger partial charge in [0.1, 0.15) is 104 Å². The first kappa shape index (κ1) is 98.9. The Morgan fingerprint density at radius 3 is 1.52 bits per heavy atom. The van der Waals surface area contributed by atoms with Crippen LogP contribution in [0.25, 0.3) is 5.65 Å². The summed E-state index contributed by atoms with van der Waals surface area (Å²) in [6.07, 6.45) is 4.69. The molecule has 30 nitrogen and oxygen atoms in total. The monoisotopic (exact) mass is 1970 g/mol. The predicted octanol–water partition coefficient (Wildman–Crippen LogP) is 14.1. The highest BCUT2D eigenvalue weighted by atomic mass is 79.9. The summed E-state index contributed by atoms with van der Waals surface area (Å²) in [5.74, 6) is 5.68. The van der Waals surface area contributed by atoms with E-state index in [2.05, 4.69) is 190 Å². The van der Waals surface area contributed by atoms with Crippen LogP contribution in [0.2, 0.25) is 0 Å². The Labute approximate surface area is 677 Å². The van der Waals surface area contributed by atoms with Crippen molar-refractivity contribution in [3.05, 3.63) is 141 Å². The highest BCUT2D eigenvalue weighted by Gasteiger charge is 2.19. The van der Waals surface area contributed by atoms with Gasteiger partial charge >= 0.3 is 25.1 Å². The minimum Gasteiger partial charge on any atom is -0.497 e. The van der Waals surface area contributed by atoms with Crippen LogP contribution < -0.4 is 55.2 Å². The van der Waals surface area contributed by atoms with E-state index in [1.54, 1.807) is 179 Å². The predicted molar refractivity (Wildman–Crippen MR) is 431 cm³/mol. The largest absolute Gasteiger partial charge is 0.497 e. The molecule has 8 aromatic heterocycles. The SMILES string of the molecule is C.CC(C)(C)OC(N)=O.COc1cc(Br)[n+](CC#N)c(N=CN(C)C)c1.COc1cc(Br)n2c(C#N)cnc2c1.COc1cc(Br)nc(Br)c1.COc1cc(Br)nc(N=CN(C)C)c1.COc1cc(Br)nc(NC(=O)OC(C)(C)C)c1.COc1cc(N)nc(Br)c1.N#CCBr.OB(O)c1ccc(F)nc1. The van der Waals surface area contributed by atoms with Crippen LogP contribution in [-0.2, 0) is 16.0 Å². The standard InChI is InChI=1S/C11H14BrN4O.C11H15BrN2O3.C9H6BrN3O.C9H12BrN3O.C6H5Br2NO.C6H7BrN2O.C5H5BFNO2.C5H11NO2.C2H2BrN.CH4/c1-15(2)8-14-11-7-9(17-3)6-10(12)16(11)5-4-13;1-11(2,3)17-10(15)14-9-6-7(16-4)5-8(12)13-9;1-14-7-2-8(10)13-6(4-11)5-12-9(13)3-7;1-13(2)6-11-9-5-7(14-3)4-8(10)12-9;2*1-10-4-2-5(7)9-6(8)3-4;7-5-2-1-4(3-8-5)6(9)10;1-5(2,3)8-4(6)7;3-1-2-4;/h6-8H,5H2,1-3H3;5-6H,1-4H3,(H,13,14,15);2-3,5H,1H3;4-6H,1-3H3;2-3H,1H3;2-3H,1H3,(H2,8,9);1-3,9-10H;1-3H3,(H2,6,7);1H2;1H4/q+1;;;;;;;;;. The molecule has 0 aromatic carbocycles. The number of hydrogen-bond acceptors (Lipinski definition) is 24. The van der Waals surface area contributed by atoms with Gasteiger partial charge < -0.3 is 69.2 Å². The maximum atomic E-state index is 12.1. The van der Waals surface area contributed by atoms with Crippen molar-refractivity contribution in [1.82, 2.24) is 44.1 Å². The average Bonchev–Trinajstić information content (AvgIpc) is 1.71. The van der Waals surface area contributed by atoms with Gasteiger partial charge in [-0.2, -0.15) is 20.2 Å². The zero-order valence-corrected chi connectivity index (χ0v) is 71.8. The summed E-state index contributed by atoms with van der Waals surface area (Å²) >= 11 is 25.8. The van der Waals surface area contributed by atoms with Crippen molar-refractivity contribution in [2.24, 2.45) is 15.7 Å². The molecular formula is C65H81BBr8FN18O12+. The quantitative estimate of drug-likeness (QED) is 0.0179. The van der Waals surface area contributed by atoms with Crippen LogP contribution in [0.15, 0.2) is 140 Å². The molecule has 0 fully saturated rings. The lowest BCUT2D eigenvalue weighted by Gasteiger charge is -2.19. The minimum absolute atomic E-state index is 0. The van der Waals surface area contributed by atoms with Crippen LogP contribution in [0.3, 0.4) is 0 Å². The molecule has 7 N–H and O–H groups in total. The lowest BCUT2D eigenvalue weighted by atomic mass is 9.82. The summed E-state index contributed by atoms with van der Waals surface area (Å²) in [4.78, 5) is 57.1. The van der Waals surface area contributed by atoms with Gasteiger partial charge in [0.25, 0.3) is 0 Å². The van der Waals surface area contributed by atoms with Gasteiger partial charge in [-0.25, -0.2) is 49.1 Å². The zero-order valence-electron chi connectivity index (χ0n) is 59.1. The number of nitrogens with zero attached hydrogens (tertiary/aromatic N) is 15. The number of fused-ring (bicyclic) bond motifs is 1. The topological polar surface area (TPSA) is 401 Å². The molecule has 568 valence electrons. The lowest BCUT2D eigenvalue weighted by molar-refractivity contribution is -0.683. The van der Waals surface area contributed by atoms with Gasteiger partial charge in [-0.15, -0.1) is 0 Å². The molecule has 0 bridgehead atoms. The van der Waals surface area contributed by atoms with E-state index in [1.807, 2.05) is 44.1 Å². The number of imidazole rings is 1. The third-order valence-electron chi connectivity index (χ3n) is 10.4. The molecule has 0 spiro atoms. The number of hydrogen-bond donors (Lipinski definition) is 5. The number of alkyl halides is 1. The molecular weight excluding hydrogens is 1890 g/mol. The number of nitrogens with two attached hydrogens (primary N) is 2. The van der Waals surface area contributed by atoms with E-state index < -0.39 is 36.5 Å². The van der Waals surface area contributed by atoms with E-state index in [9.17, 15) is 14.0 Å². The van der Waals surface area contributed by atoms with Crippen molar-refractivity contribution in [3.8, 4) is 52.7 Å². The van der Waals surface area contributed by atoms with Crippen LogP contribution in [-0.4, -0.2) is 174 Å². The van der Waals surface area contributed by atoms with E-state index in [-0.39, 0.29) is 19.4 Å². The summed E-state index contributed by atoms with van der Waals surface area (Å²) in [5.41, 5.74) is 10.5. The average molecular weight is 1980 g/mol. The van der Waals surface area contributed by atoms with Gasteiger partial charge in [0.2, 0.25) is 12.3 Å². The van der Waals surface area contributed by atoms with E-state index >= 15 is 0 Å². The fourth-order valence-electron chi connectivity index (χ4n) is 6.31. The lowest BCUT2D eigenvalue weighted by Crippen LogP contribution is -2.35. The van der Waals surface area contributed by atoms with E-state index in [4.69, 9.17) is 70.5 Å². The second-order valence-electron chi connectivity index (χ2n) is 21.5. The number of carbonyl (C=O) groups excluding carboxylic acids is 2. The Balaban J connectivity index is 0. The van der Waals surface area contributed by atoms with E-state index in [0.717, 1.165) is 42.2 Å². The molecule has 105 heavy (non-hydrogen) atoms. The number of aromatic nitrogens is 8. The number of primary amides is 1. The van der Waals surface area contributed by atoms with Gasteiger partial charge in [-0.1, -0.05) is 29.4 Å². The number of anilines is 2. The number of methoxy groups -OCH3 is 6. The normalized spacial score (nSPS) is 9.90. The van der Waals surface area contributed by atoms with Crippen LogP contribution in [0.4, 0.5) is 37.3 Å². The number of nitrogen functional groups attached to an aromatic ring is 1. The number of nitrogens with one attached hydrogen (secondary N) is 1. The number of ether oxygens (including phenoxy) is 8. The van der Waals surface area contributed by atoms with E-state index in [1.165, 1.54) is 12.3 Å². The maximum Gasteiger partial charge on any atom is 0.490 e. The Bertz CT molecular complexity index is 4070. The van der Waals surface area contributed by atoms with Gasteiger partial charge in [0, 0.05) is 107 Å². The van der Waals surface area contributed by atoms with Crippen molar-refractivity contribution >= 4 is 194 Å². The zero-order chi connectivity index (χ0) is 79.5. The highest BCUT2D eigenvalue weighted by molar-refractivity contribution is 9.11. The van der Waals surface area contributed by atoms with Crippen molar-refractivity contribution in [2.45, 2.75) is 66.7 Å². The molecule has 40 heteroatoms. The molecule has 0 saturated heterocycles. The fraction of sp³-hybridized carbons (Fsp3) is 0.323. The Morgan fingerprint density at radius 2 is 1.10 bits per heavy atom. The first-order chi connectivity index (χ1) is 48.7. The van der Waals surface area contributed by atoms with Gasteiger partial charge in [0.15, 0.2) is 17.0 Å². The van der Waals surface area contributed by atoms with Crippen molar-refractivity contribution in [2.75, 3.05) is 87.2 Å². The molecule has 0 unspecified atom stereocenters. The number of carbonyl (C=O) groups is 2. The van der Waals surface area contributed by atoms with Gasteiger partial charge in [0.05, 0.1) is 77.3 Å². The molecule has 0 saturated carbocycles. The maximum absolute atomic E-state index is 12.1. The number of aliphatic imine (C=N–C) groups is 2. The molecule has 8 heterocycles. The molecule has 0 radical (unpaired) electrons. The molecule has 0 aliphatic heterocycles. The van der Waals surface area contributed by atoms with Crippen LogP contribution in [0.5, 0.6) is 34.5 Å². The number of nitriles is 3. The third kappa shape index (κ3) is 45.1. The van der Waals surface area contributed by atoms with Crippen molar-refractivity contribution < 1.29 is 66.5 Å². The first-order valence-corrected chi connectivity index (χ1v) is 35.7. The summed E-state index contributed by atoms with van der Waals surface area (Å²) in [7, 11) is 15.5. The minimum atomic E-state index is -1.58. The fourth-order valence-corrected chi connectivity index (χ4v) is 9.77. The summed E-state index contributed by atoms with van der Waals surface area (Å²) in [6.45, 7) is 10.9. The van der Waals surface area contributed by atoms with Crippen LogP contribution in [0, 0.1) is 39.9 Å². The molecule has 8 aromatic rings. The second kappa shape index (κ2) is 52.8. The Hall–Kier alpha value is -8.11. The van der Waals surface area contributed by atoms with Gasteiger partial charge in [-0.05, 0) is 164 Å². The molecule has 2 amide bonds. The number of rotatable bonds is 13. The number of pyridine rings is 7. The van der Waals surface area contributed by atoms with E-state index in [0.29, 0.717) is 76.8 Å². The third-order valence-corrected chi connectivity index (χ3v) is 13.9. The molecule has 8 rings (SSSR count). The molecule has 0 aliphatic carbocycles. The Kier molecular flexibility index (Phi) is 49.7. The summed E-state index contributed by atoms with van der Waals surface area (Å²) in [6, 6.07) is 29.3. The first-order valence-electron chi connectivity index (χ1n) is 29.1. The smallest absolute Gasteiger partial charge is 0.490 e. The highest BCUT2D eigenvalue weighted by Crippen LogP contribution is 2.26. The number of halogens is 9. The second-order valence-corrected chi connectivity index (χ2v) is 27.7. The van der Waals surface area contributed by atoms with Crippen LogP contribution in [0.1, 0.15) is 54.7 Å². The van der Waals surface area contributed by atoms with Crippen molar-refractivity contribution in [1.29, 1.82) is 15.8 Å². The summed E-state index contributed by atoms with van der Waals surface area (Å²) in [5, 5.41) is 45.2. The molecule has 0 aliphatic rings. The van der Waals surface area contributed by atoms with Crippen molar-refractivity contribution in [3.63, 3.8) is 0 Å². The molecule has 0 atom stereocenters.